The molecule has 3 heterocycles. The molecule has 4 aromatic rings. The zero-order chi connectivity index (χ0) is 25.7. The van der Waals surface area contributed by atoms with Crippen LogP contribution in [0.4, 0.5) is 14.7 Å². The smallest absolute Gasteiger partial charge is 0.258 e. The zero-order valence-corrected chi connectivity index (χ0v) is 20.8. The van der Waals surface area contributed by atoms with Crippen LogP contribution in [-0.4, -0.2) is 82.0 Å². The van der Waals surface area contributed by atoms with Gasteiger partial charge in [-0.2, -0.15) is 9.97 Å². The van der Waals surface area contributed by atoms with Gasteiger partial charge in [0.25, 0.3) is 6.43 Å². The lowest BCUT2D eigenvalue weighted by molar-refractivity contribution is 0.0195. The summed E-state index contributed by atoms with van der Waals surface area (Å²) in [5.74, 6) is 0.879. The monoisotopic (exact) mass is 493 g/mol. The Labute approximate surface area is 209 Å². The largest absolute Gasteiger partial charge is 0.498 e. The van der Waals surface area contributed by atoms with Crippen molar-refractivity contribution in [2.24, 2.45) is 0 Å². The van der Waals surface area contributed by atoms with E-state index >= 15 is 0 Å². The molecule has 3 N–H and O–H groups in total. The van der Waals surface area contributed by atoms with Gasteiger partial charge in [0.1, 0.15) is 41.2 Å². The fraction of sp³-hybridized carbons (Fsp3) is 0.455. The van der Waals surface area contributed by atoms with Gasteiger partial charge in [-0.15, -0.1) is 5.10 Å². The normalized spacial score (nSPS) is 20.9. The number of fused-ring (bicyclic) bond motifs is 2. The highest BCUT2D eigenvalue weighted by Gasteiger charge is 2.29. The molecule has 9 nitrogen and oxygen atoms in total. The number of aromatic amines is 1. The number of hydrogen-bond donors (Lipinski definition) is 3. The van der Waals surface area contributed by atoms with E-state index in [4.69, 9.17) is 14.7 Å². The summed E-state index contributed by atoms with van der Waals surface area (Å²) in [4.78, 5) is 12.7. The first-order chi connectivity index (χ1) is 17.0. The molecule has 0 bridgehead atoms. The van der Waals surface area contributed by atoms with Gasteiger partial charge < -0.3 is 20.1 Å². The molecule has 0 amide bonds. The first kappa shape index (κ1) is 24.5. The van der Waals surface area contributed by atoms with Gasteiger partial charge in [0, 0.05) is 23.1 Å². The Balaban J connectivity index is 1.54. The van der Waals surface area contributed by atoms with Crippen LogP contribution in [0.1, 0.15) is 32.6 Å². The summed E-state index contributed by atoms with van der Waals surface area (Å²) in [5, 5.41) is 21.7. The standard InChI is InChI=1S/C22H28B3F2N7O2/c1-21(35)6-4-12(5-7-21)29-20-30-18-17(19(31-20)36-22(23,24)25)13(9-28-18)11-2-3-14-15(8-11)34(33-32-14)10-16(26)27/h2-3,8-9,12,16,35H,4-7,10,23-25H2,1H3,(H2,28,29,30,31)/t12-,21+. The summed E-state index contributed by atoms with van der Waals surface area (Å²) in [6, 6.07) is 5.58. The summed E-state index contributed by atoms with van der Waals surface area (Å²) in [6.07, 6.45) is 2.35. The van der Waals surface area contributed by atoms with Crippen molar-refractivity contribution in [1.29, 1.82) is 0 Å². The highest BCUT2D eigenvalue weighted by Crippen LogP contribution is 2.37. The minimum atomic E-state index is -2.53. The van der Waals surface area contributed by atoms with Gasteiger partial charge in [0.2, 0.25) is 11.8 Å². The van der Waals surface area contributed by atoms with Gasteiger partial charge in [0.05, 0.1) is 16.5 Å². The van der Waals surface area contributed by atoms with Gasteiger partial charge >= 0.3 is 0 Å². The number of aliphatic hydroxyl groups is 1. The number of hydrogen-bond acceptors (Lipinski definition) is 7. The van der Waals surface area contributed by atoms with Crippen LogP contribution in [0.5, 0.6) is 5.88 Å². The summed E-state index contributed by atoms with van der Waals surface area (Å²) in [7, 11) is 5.85. The van der Waals surface area contributed by atoms with Gasteiger partial charge in [-0.1, -0.05) is 11.3 Å². The number of halogens is 2. The average molecular weight is 493 g/mol. The second-order valence-electron chi connectivity index (χ2n) is 10.8. The van der Waals surface area contributed by atoms with Crippen molar-refractivity contribution in [3.8, 4) is 17.0 Å². The Kier molecular flexibility index (Phi) is 6.18. The molecule has 1 aromatic carbocycles. The van der Waals surface area contributed by atoms with Crippen LogP contribution in [0.3, 0.4) is 0 Å². The molecule has 0 radical (unpaired) electrons. The lowest BCUT2D eigenvalue weighted by Crippen LogP contribution is -2.38. The van der Waals surface area contributed by atoms with Crippen LogP contribution in [0.2, 0.25) is 0 Å². The molecule has 0 aliphatic heterocycles. The number of rotatable bonds is 7. The van der Waals surface area contributed by atoms with E-state index < -0.39 is 23.9 Å². The molecule has 0 atom stereocenters. The maximum absolute atomic E-state index is 13.0. The minimum Gasteiger partial charge on any atom is -0.498 e. The Morgan fingerprint density at radius 2 is 2.03 bits per heavy atom. The van der Waals surface area contributed by atoms with E-state index in [1.165, 1.54) is 4.68 Å². The van der Waals surface area contributed by atoms with Gasteiger partial charge in [-0.25, -0.2) is 13.5 Å². The molecule has 1 saturated carbocycles. The molecule has 1 fully saturated rings. The molecule has 1 aliphatic carbocycles. The fourth-order valence-electron chi connectivity index (χ4n) is 4.62. The highest BCUT2D eigenvalue weighted by molar-refractivity contribution is 6.58. The Bertz CT molecular complexity index is 1390. The topological polar surface area (TPSA) is 114 Å². The number of alkyl halides is 2. The molecule has 14 heteroatoms. The number of H-pyrrole nitrogens is 1. The van der Waals surface area contributed by atoms with Crippen molar-refractivity contribution in [3.05, 3.63) is 24.4 Å². The van der Waals surface area contributed by atoms with Gasteiger partial charge in [-0.3, -0.25) is 0 Å². The maximum Gasteiger partial charge on any atom is 0.258 e. The number of anilines is 1. The van der Waals surface area contributed by atoms with Gasteiger partial charge in [0.15, 0.2) is 0 Å². The van der Waals surface area contributed by atoms with Crippen LogP contribution in [0.25, 0.3) is 33.2 Å². The minimum absolute atomic E-state index is 0.157. The molecule has 5 rings (SSSR count). The predicted molar refractivity (Wildman–Crippen MR) is 142 cm³/mol. The van der Waals surface area contributed by atoms with Crippen LogP contribution < -0.4 is 10.1 Å². The SMILES string of the molecule is BC(B)(B)Oc1nc(N[C@H]2CC[C@@](C)(O)CC2)nc2[nH]cc(-c3ccc4nnn(CC(F)F)c4c3)c12. The molecular formula is C22H28B3F2N7O2. The maximum atomic E-state index is 13.0. The quantitative estimate of drug-likeness (QED) is 0.324. The van der Waals surface area contributed by atoms with E-state index in [1.807, 2.05) is 42.7 Å². The molecule has 0 spiro atoms. The van der Waals surface area contributed by atoms with E-state index in [9.17, 15) is 13.9 Å². The first-order valence-electron chi connectivity index (χ1n) is 12.2. The summed E-state index contributed by atoms with van der Waals surface area (Å²) < 4.78 is 33.5. The fourth-order valence-corrected chi connectivity index (χ4v) is 4.62. The molecule has 0 unspecified atom stereocenters. The lowest BCUT2D eigenvalue weighted by atomic mass is 9.52. The van der Waals surface area contributed by atoms with Crippen LogP contribution >= 0.6 is 0 Å². The molecule has 0 saturated heterocycles. The average Bonchev–Trinajstić information content (AvgIpc) is 3.38. The summed E-state index contributed by atoms with van der Waals surface area (Å²) >= 11 is 0. The second kappa shape index (κ2) is 9.06. The van der Waals surface area contributed by atoms with Crippen molar-refractivity contribution >= 4 is 51.6 Å². The van der Waals surface area contributed by atoms with Crippen molar-refractivity contribution in [2.75, 3.05) is 5.32 Å². The number of nitrogens with zero attached hydrogens (tertiary/aromatic N) is 5. The zero-order valence-electron chi connectivity index (χ0n) is 20.8. The number of nitrogens with one attached hydrogen (secondary N) is 2. The van der Waals surface area contributed by atoms with E-state index in [1.54, 1.807) is 12.1 Å². The Morgan fingerprint density at radius 3 is 2.72 bits per heavy atom. The summed E-state index contributed by atoms with van der Waals surface area (Å²) in [5.41, 5.74) is 2.61. The second-order valence-corrected chi connectivity index (χ2v) is 10.8. The summed E-state index contributed by atoms with van der Waals surface area (Å²) in [6.45, 7) is 1.34. The van der Waals surface area contributed by atoms with Crippen LogP contribution in [0.15, 0.2) is 24.4 Å². The van der Waals surface area contributed by atoms with E-state index in [-0.39, 0.29) is 6.04 Å². The third kappa shape index (κ3) is 5.18. The predicted octanol–water partition coefficient (Wildman–Crippen LogP) is 0.630. The number of ether oxygens (including phenoxy) is 1. The van der Waals surface area contributed by atoms with Crippen molar-refractivity contribution in [1.82, 2.24) is 29.9 Å². The lowest BCUT2D eigenvalue weighted by Gasteiger charge is -2.33. The van der Waals surface area contributed by atoms with Crippen molar-refractivity contribution in [2.45, 2.75) is 62.5 Å². The van der Waals surface area contributed by atoms with Crippen molar-refractivity contribution in [3.63, 3.8) is 0 Å². The first-order valence-corrected chi connectivity index (χ1v) is 12.2. The molecular weight excluding hydrogens is 465 g/mol. The Morgan fingerprint density at radius 1 is 1.28 bits per heavy atom. The third-order valence-corrected chi connectivity index (χ3v) is 6.43. The van der Waals surface area contributed by atoms with Gasteiger partial charge in [-0.05, 0) is 50.3 Å². The molecule has 1 aliphatic rings. The molecule has 186 valence electrons. The molecule has 36 heavy (non-hydrogen) atoms. The van der Waals surface area contributed by atoms with Crippen LogP contribution in [0, 0.1) is 0 Å². The van der Waals surface area contributed by atoms with Crippen LogP contribution in [-0.2, 0) is 6.54 Å². The number of aromatic nitrogens is 6. The highest BCUT2D eigenvalue weighted by atomic mass is 19.3. The number of benzene rings is 1. The van der Waals surface area contributed by atoms with E-state index in [2.05, 4.69) is 20.6 Å². The van der Waals surface area contributed by atoms with Crippen molar-refractivity contribution < 1.29 is 18.6 Å². The molecule has 3 aromatic heterocycles. The third-order valence-electron chi connectivity index (χ3n) is 6.43. The Hall–Kier alpha value is -3.15. The van der Waals surface area contributed by atoms with E-state index in [0.29, 0.717) is 46.7 Å². The van der Waals surface area contributed by atoms with E-state index in [0.717, 1.165) is 24.0 Å².